The average molecular weight is 206 g/mol. The van der Waals surface area contributed by atoms with Gasteiger partial charge in [-0.2, -0.15) is 0 Å². The summed E-state index contributed by atoms with van der Waals surface area (Å²) >= 11 is 0. The molecule has 0 radical (unpaired) electrons. The molecule has 2 heterocycles. The van der Waals surface area contributed by atoms with E-state index in [9.17, 15) is 0 Å². The van der Waals surface area contributed by atoms with Crippen LogP contribution in [0.5, 0.6) is 0 Å². The highest BCUT2D eigenvalue weighted by Crippen LogP contribution is 2.11. The average Bonchev–Trinajstić information content (AvgIpc) is 2.31. The topological polar surface area (TPSA) is 41.0 Å². The quantitative estimate of drug-likeness (QED) is 0.789. The van der Waals surface area contributed by atoms with Crippen molar-refractivity contribution in [2.24, 2.45) is 0 Å². The minimum Gasteiger partial charge on any atom is -0.316 e. The van der Waals surface area contributed by atoms with Gasteiger partial charge in [-0.3, -0.25) is 4.90 Å². The van der Waals surface area contributed by atoms with Gasteiger partial charge < -0.3 is 5.32 Å². The van der Waals surface area contributed by atoms with Crippen LogP contribution in [0.25, 0.3) is 0 Å². The standard InChI is InChI=1S/C11H18N4/c1-12-10-3-2-6-15(7-10)8-11-4-5-13-9-14-11/h4-5,9-10,12H,2-3,6-8H2,1H3. The maximum atomic E-state index is 4.25. The first-order valence-corrected chi connectivity index (χ1v) is 5.53. The summed E-state index contributed by atoms with van der Waals surface area (Å²) < 4.78 is 0. The molecule has 4 heteroatoms. The van der Waals surface area contributed by atoms with Gasteiger partial charge in [-0.15, -0.1) is 0 Å². The van der Waals surface area contributed by atoms with Crippen molar-refractivity contribution in [3.8, 4) is 0 Å². The molecule has 1 aromatic rings. The molecule has 2 rings (SSSR count). The van der Waals surface area contributed by atoms with Crippen molar-refractivity contribution in [2.75, 3.05) is 20.1 Å². The molecule has 0 spiro atoms. The molecule has 1 aromatic heterocycles. The normalized spacial score (nSPS) is 22.9. The van der Waals surface area contributed by atoms with Crippen molar-refractivity contribution >= 4 is 0 Å². The van der Waals surface area contributed by atoms with Gasteiger partial charge in [0, 0.05) is 25.3 Å². The maximum absolute atomic E-state index is 4.25. The lowest BCUT2D eigenvalue weighted by Crippen LogP contribution is -2.43. The Morgan fingerprint density at radius 1 is 1.60 bits per heavy atom. The highest BCUT2D eigenvalue weighted by atomic mass is 15.2. The Balaban J connectivity index is 1.89. The zero-order chi connectivity index (χ0) is 10.5. The van der Waals surface area contributed by atoms with Crippen LogP contribution in [0.15, 0.2) is 18.6 Å². The van der Waals surface area contributed by atoms with E-state index in [2.05, 4.69) is 20.2 Å². The number of aromatic nitrogens is 2. The number of hydrogen-bond donors (Lipinski definition) is 1. The SMILES string of the molecule is CNC1CCCN(Cc2ccncn2)C1. The third kappa shape index (κ3) is 2.97. The molecule has 15 heavy (non-hydrogen) atoms. The van der Waals surface area contributed by atoms with Crippen LogP contribution >= 0.6 is 0 Å². The number of likely N-dealkylation sites (N-methyl/N-ethyl adjacent to an activating group) is 1. The van der Waals surface area contributed by atoms with Crippen LogP contribution in [-0.4, -0.2) is 41.0 Å². The van der Waals surface area contributed by atoms with Crippen LogP contribution in [0.2, 0.25) is 0 Å². The molecule has 0 bridgehead atoms. The summed E-state index contributed by atoms with van der Waals surface area (Å²) in [5, 5.41) is 3.35. The minimum absolute atomic E-state index is 0.639. The van der Waals surface area contributed by atoms with Crippen LogP contribution in [0.4, 0.5) is 0 Å². The zero-order valence-corrected chi connectivity index (χ0v) is 9.19. The smallest absolute Gasteiger partial charge is 0.115 e. The molecule has 1 fully saturated rings. The molecule has 82 valence electrons. The lowest BCUT2D eigenvalue weighted by molar-refractivity contribution is 0.186. The van der Waals surface area contributed by atoms with E-state index in [1.165, 1.54) is 19.4 Å². The van der Waals surface area contributed by atoms with Gasteiger partial charge in [0.25, 0.3) is 0 Å². The van der Waals surface area contributed by atoms with Gasteiger partial charge in [-0.1, -0.05) is 0 Å². The van der Waals surface area contributed by atoms with Gasteiger partial charge in [0.1, 0.15) is 6.33 Å². The third-order valence-corrected chi connectivity index (χ3v) is 2.94. The minimum atomic E-state index is 0.639. The van der Waals surface area contributed by atoms with Gasteiger partial charge in [0.05, 0.1) is 5.69 Å². The summed E-state index contributed by atoms with van der Waals surface area (Å²) in [7, 11) is 2.04. The van der Waals surface area contributed by atoms with E-state index in [0.717, 1.165) is 18.8 Å². The van der Waals surface area contributed by atoms with Crippen molar-refractivity contribution in [1.82, 2.24) is 20.2 Å². The van der Waals surface area contributed by atoms with Crippen LogP contribution in [-0.2, 0) is 6.54 Å². The van der Waals surface area contributed by atoms with Crippen LogP contribution in [0.1, 0.15) is 18.5 Å². The summed E-state index contributed by atoms with van der Waals surface area (Å²) in [6.45, 7) is 3.25. The summed E-state index contributed by atoms with van der Waals surface area (Å²) in [6.07, 6.45) is 5.99. The Labute approximate surface area is 90.7 Å². The van der Waals surface area contributed by atoms with E-state index in [1.807, 2.05) is 19.3 Å². The Kier molecular flexibility index (Phi) is 3.64. The van der Waals surface area contributed by atoms with E-state index in [0.29, 0.717) is 6.04 Å². The molecule has 1 N–H and O–H groups in total. The Morgan fingerprint density at radius 3 is 3.27 bits per heavy atom. The van der Waals surface area contributed by atoms with E-state index >= 15 is 0 Å². The van der Waals surface area contributed by atoms with Crippen molar-refractivity contribution in [1.29, 1.82) is 0 Å². The largest absolute Gasteiger partial charge is 0.316 e. The van der Waals surface area contributed by atoms with Crippen LogP contribution in [0.3, 0.4) is 0 Å². The molecule has 0 aliphatic carbocycles. The van der Waals surface area contributed by atoms with Gasteiger partial charge in [0.15, 0.2) is 0 Å². The van der Waals surface area contributed by atoms with Gasteiger partial charge >= 0.3 is 0 Å². The predicted molar refractivity (Wildman–Crippen MR) is 59.4 cm³/mol. The number of piperidine rings is 1. The second-order valence-corrected chi connectivity index (χ2v) is 4.06. The molecule has 1 aliphatic rings. The monoisotopic (exact) mass is 206 g/mol. The van der Waals surface area contributed by atoms with Gasteiger partial charge in [0.2, 0.25) is 0 Å². The fourth-order valence-corrected chi connectivity index (χ4v) is 2.08. The molecule has 1 atom stereocenters. The van der Waals surface area contributed by atoms with Gasteiger partial charge in [-0.05, 0) is 32.5 Å². The molecular weight excluding hydrogens is 188 g/mol. The molecule has 0 aromatic carbocycles. The van der Waals surface area contributed by atoms with Crippen molar-refractivity contribution in [2.45, 2.75) is 25.4 Å². The third-order valence-electron chi connectivity index (χ3n) is 2.94. The van der Waals surface area contributed by atoms with E-state index in [4.69, 9.17) is 0 Å². The first kappa shape index (κ1) is 10.5. The second kappa shape index (κ2) is 5.19. The molecule has 0 saturated carbocycles. The molecular formula is C11H18N4. The number of likely N-dealkylation sites (tertiary alicyclic amines) is 1. The van der Waals surface area contributed by atoms with Gasteiger partial charge in [-0.25, -0.2) is 9.97 Å². The summed E-state index contributed by atoms with van der Waals surface area (Å²) in [5.74, 6) is 0. The maximum Gasteiger partial charge on any atom is 0.115 e. The van der Waals surface area contributed by atoms with Crippen LogP contribution in [0, 0.1) is 0 Å². The fraction of sp³-hybridized carbons (Fsp3) is 0.636. The first-order valence-electron chi connectivity index (χ1n) is 5.53. The van der Waals surface area contributed by atoms with E-state index in [-0.39, 0.29) is 0 Å². The van der Waals surface area contributed by atoms with Crippen molar-refractivity contribution in [3.05, 3.63) is 24.3 Å². The first-order chi connectivity index (χ1) is 7.38. The molecule has 1 saturated heterocycles. The zero-order valence-electron chi connectivity index (χ0n) is 9.19. The van der Waals surface area contributed by atoms with Crippen molar-refractivity contribution in [3.63, 3.8) is 0 Å². The Bertz CT molecular complexity index is 288. The highest BCUT2D eigenvalue weighted by Gasteiger charge is 2.18. The molecule has 1 unspecified atom stereocenters. The Hall–Kier alpha value is -1.00. The second-order valence-electron chi connectivity index (χ2n) is 4.06. The lowest BCUT2D eigenvalue weighted by atomic mass is 10.1. The van der Waals surface area contributed by atoms with Crippen molar-refractivity contribution < 1.29 is 0 Å². The summed E-state index contributed by atoms with van der Waals surface area (Å²) in [4.78, 5) is 10.6. The van der Waals surface area contributed by atoms with E-state index < -0.39 is 0 Å². The Morgan fingerprint density at radius 2 is 2.53 bits per heavy atom. The van der Waals surface area contributed by atoms with E-state index in [1.54, 1.807) is 6.33 Å². The number of nitrogens with zero attached hydrogens (tertiary/aromatic N) is 3. The highest BCUT2D eigenvalue weighted by molar-refractivity contribution is 4.98. The molecule has 1 aliphatic heterocycles. The van der Waals surface area contributed by atoms with Crippen LogP contribution < -0.4 is 5.32 Å². The predicted octanol–water partition coefficient (Wildman–Crippen LogP) is 0.660. The molecule has 4 nitrogen and oxygen atoms in total. The molecule has 0 amide bonds. The number of nitrogens with one attached hydrogen (secondary N) is 1. The summed E-state index contributed by atoms with van der Waals surface area (Å²) in [6, 6.07) is 2.63. The fourth-order valence-electron chi connectivity index (χ4n) is 2.08. The lowest BCUT2D eigenvalue weighted by Gasteiger charge is -2.32. The number of hydrogen-bond acceptors (Lipinski definition) is 4. The summed E-state index contributed by atoms with van der Waals surface area (Å²) in [5.41, 5.74) is 1.11. The number of rotatable bonds is 3.